The lowest BCUT2D eigenvalue weighted by Crippen LogP contribution is -2.40. The topological polar surface area (TPSA) is 90.1 Å². The second-order valence-electron chi connectivity index (χ2n) is 6.84. The molecule has 0 spiro atoms. The molecule has 6 nitrogen and oxygen atoms in total. The third-order valence-electron chi connectivity index (χ3n) is 4.93. The molecular weight excluding hydrogens is 330 g/mol. The van der Waals surface area contributed by atoms with Crippen molar-refractivity contribution in [2.75, 3.05) is 13.2 Å². The van der Waals surface area contributed by atoms with Gasteiger partial charge in [0.1, 0.15) is 24.0 Å². The summed E-state index contributed by atoms with van der Waals surface area (Å²) in [7, 11) is 0. The Labute approximate surface area is 151 Å². The molecule has 26 heavy (non-hydrogen) atoms. The van der Waals surface area contributed by atoms with Gasteiger partial charge in [0.15, 0.2) is 0 Å². The van der Waals surface area contributed by atoms with Gasteiger partial charge in [-0.1, -0.05) is 30.3 Å². The average Bonchev–Trinajstić information content (AvgIpc) is 3.05. The number of para-hydroxylation sites is 1. The van der Waals surface area contributed by atoms with Crippen LogP contribution in [-0.2, 0) is 12.8 Å². The Morgan fingerprint density at radius 3 is 2.88 bits per heavy atom. The van der Waals surface area contributed by atoms with Gasteiger partial charge in [-0.2, -0.15) is 0 Å². The number of aromatic nitrogens is 2. The van der Waals surface area contributed by atoms with Gasteiger partial charge in [0.25, 0.3) is 0 Å². The van der Waals surface area contributed by atoms with Crippen LogP contribution in [0.2, 0.25) is 0 Å². The van der Waals surface area contributed by atoms with Gasteiger partial charge in [-0.15, -0.1) is 0 Å². The number of fused-ring (bicyclic) bond motifs is 2. The van der Waals surface area contributed by atoms with E-state index in [1.54, 1.807) is 12.1 Å². The van der Waals surface area contributed by atoms with Crippen LogP contribution < -0.4 is 15.7 Å². The smallest absolute Gasteiger partial charge is 0.323 e. The number of aromatic amines is 2. The van der Waals surface area contributed by atoms with Gasteiger partial charge in [0, 0.05) is 12.6 Å². The molecule has 1 heterocycles. The van der Waals surface area contributed by atoms with E-state index in [-0.39, 0.29) is 12.3 Å². The van der Waals surface area contributed by atoms with Crippen molar-refractivity contribution in [3.8, 4) is 5.75 Å². The molecule has 2 aromatic carbocycles. The fraction of sp³-hybridized carbons (Fsp3) is 0.350. The van der Waals surface area contributed by atoms with Gasteiger partial charge in [-0.25, -0.2) is 4.79 Å². The molecule has 4 rings (SSSR count). The van der Waals surface area contributed by atoms with E-state index in [1.165, 1.54) is 11.1 Å². The maximum Gasteiger partial charge on any atom is 0.323 e. The van der Waals surface area contributed by atoms with Crippen molar-refractivity contribution in [2.24, 2.45) is 0 Å². The highest BCUT2D eigenvalue weighted by molar-refractivity contribution is 5.80. The minimum absolute atomic E-state index is 0.169. The summed E-state index contributed by atoms with van der Waals surface area (Å²) in [6, 6.07) is 14.3. The third kappa shape index (κ3) is 3.66. The number of rotatable bonds is 6. The first-order chi connectivity index (χ1) is 12.7. The van der Waals surface area contributed by atoms with Crippen LogP contribution in [0, 0.1) is 0 Å². The zero-order valence-corrected chi connectivity index (χ0v) is 14.5. The number of ether oxygens (including phenoxy) is 1. The van der Waals surface area contributed by atoms with Crippen molar-refractivity contribution in [3.63, 3.8) is 0 Å². The van der Waals surface area contributed by atoms with E-state index in [0.29, 0.717) is 29.4 Å². The summed E-state index contributed by atoms with van der Waals surface area (Å²) >= 11 is 0. The molecule has 0 bridgehead atoms. The molecule has 0 amide bonds. The third-order valence-corrected chi connectivity index (χ3v) is 4.93. The molecule has 0 radical (unpaired) electrons. The van der Waals surface area contributed by atoms with E-state index in [9.17, 15) is 9.90 Å². The quantitative estimate of drug-likeness (QED) is 0.543. The van der Waals surface area contributed by atoms with Crippen molar-refractivity contribution in [3.05, 3.63) is 64.1 Å². The summed E-state index contributed by atoms with van der Waals surface area (Å²) in [5, 5.41) is 13.7. The largest absolute Gasteiger partial charge is 0.489 e. The number of aliphatic hydroxyl groups is 1. The molecule has 1 aliphatic rings. The van der Waals surface area contributed by atoms with Crippen LogP contribution in [0.15, 0.2) is 47.3 Å². The highest BCUT2D eigenvalue weighted by atomic mass is 16.5. The van der Waals surface area contributed by atoms with E-state index in [0.717, 1.165) is 19.3 Å². The number of benzene rings is 2. The van der Waals surface area contributed by atoms with Gasteiger partial charge in [-0.3, -0.25) is 0 Å². The lowest BCUT2D eigenvalue weighted by molar-refractivity contribution is 0.103. The molecular formula is C20H23N3O3. The SMILES string of the molecule is O=c1[nH]c2cccc(OCC(O)CNC3CCc4ccccc4C3)c2[nH]1. The van der Waals surface area contributed by atoms with Crippen LogP contribution in [0.25, 0.3) is 11.0 Å². The average molecular weight is 353 g/mol. The van der Waals surface area contributed by atoms with Crippen molar-refractivity contribution in [1.29, 1.82) is 0 Å². The summed E-state index contributed by atoms with van der Waals surface area (Å²) in [6.45, 7) is 0.648. The van der Waals surface area contributed by atoms with Crippen molar-refractivity contribution < 1.29 is 9.84 Å². The van der Waals surface area contributed by atoms with E-state index in [2.05, 4.69) is 39.6 Å². The zero-order valence-electron chi connectivity index (χ0n) is 14.5. The fourth-order valence-corrected chi connectivity index (χ4v) is 3.57. The standard InChI is InChI=1S/C20H23N3O3/c24-16(11-21-15-9-8-13-4-1-2-5-14(13)10-15)12-26-18-7-3-6-17-19(18)23-20(25)22-17/h1-7,15-16,21,24H,8-12H2,(H2,22,23,25). The van der Waals surface area contributed by atoms with Gasteiger partial charge in [0.05, 0.1) is 5.52 Å². The van der Waals surface area contributed by atoms with Gasteiger partial charge >= 0.3 is 5.69 Å². The summed E-state index contributed by atoms with van der Waals surface area (Å²) < 4.78 is 5.71. The maximum atomic E-state index is 11.4. The Morgan fingerprint density at radius 1 is 1.15 bits per heavy atom. The molecule has 2 atom stereocenters. The van der Waals surface area contributed by atoms with Crippen LogP contribution in [0.4, 0.5) is 0 Å². The molecule has 0 fully saturated rings. The minimum atomic E-state index is -0.618. The highest BCUT2D eigenvalue weighted by Gasteiger charge is 2.19. The number of hydrogen-bond donors (Lipinski definition) is 4. The lowest BCUT2D eigenvalue weighted by Gasteiger charge is -2.26. The van der Waals surface area contributed by atoms with Gasteiger partial charge in [0.2, 0.25) is 0 Å². The Balaban J connectivity index is 1.29. The molecule has 2 unspecified atom stereocenters. The molecule has 0 saturated carbocycles. The second-order valence-corrected chi connectivity index (χ2v) is 6.84. The number of H-pyrrole nitrogens is 2. The Bertz CT molecular complexity index is 947. The molecule has 6 heteroatoms. The predicted octanol–water partition coefficient (Wildman–Crippen LogP) is 1.74. The number of imidazole rings is 1. The molecule has 1 aromatic heterocycles. The minimum Gasteiger partial charge on any atom is -0.489 e. The number of aliphatic hydroxyl groups excluding tert-OH is 1. The van der Waals surface area contributed by atoms with E-state index < -0.39 is 6.10 Å². The van der Waals surface area contributed by atoms with Crippen LogP contribution >= 0.6 is 0 Å². The number of nitrogens with one attached hydrogen (secondary N) is 3. The van der Waals surface area contributed by atoms with Gasteiger partial charge in [-0.05, 0) is 42.5 Å². The predicted molar refractivity (Wildman–Crippen MR) is 101 cm³/mol. The number of hydrogen-bond acceptors (Lipinski definition) is 4. The van der Waals surface area contributed by atoms with E-state index in [4.69, 9.17) is 4.74 Å². The Morgan fingerprint density at radius 2 is 2.00 bits per heavy atom. The van der Waals surface area contributed by atoms with Crippen LogP contribution in [0.5, 0.6) is 5.75 Å². The summed E-state index contributed by atoms with van der Waals surface area (Å²) in [5.41, 5.74) is 3.88. The zero-order chi connectivity index (χ0) is 17.9. The van der Waals surface area contributed by atoms with E-state index in [1.807, 2.05) is 6.07 Å². The van der Waals surface area contributed by atoms with Crippen LogP contribution in [0.1, 0.15) is 17.5 Å². The Hall–Kier alpha value is -2.57. The normalized spacial score (nSPS) is 17.8. The van der Waals surface area contributed by atoms with Crippen molar-refractivity contribution >= 4 is 11.0 Å². The van der Waals surface area contributed by atoms with Gasteiger partial charge < -0.3 is 25.1 Å². The molecule has 136 valence electrons. The highest BCUT2D eigenvalue weighted by Crippen LogP contribution is 2.22. The van der Waals surface area contributed by atoms with Crippen molar-refractivity contribution in [1.82, 2.24) is 15.3 Å². The molecule has 0 aliphatic heterocycles. The summed E-state index contributed by atoms with van der Waals surface area (Å²) in [6.07, 6.45) is 2.53. The molecule has 0 saturated heterocycles. The lowest BCUT2D eigenvalue weighted by atomic mass is 9.88. The first-order valence-corrected chi connectivity index (χ1v) is 9.01. The van der Waals surface area contributed by atoms with Crippen LogP contribution in [0.3, 0.4) is 0 Å². The van der Waals surface area contributed by atoms with Crippen LogP contribution in [-0.4, -0.2) is 40.4 Å². The first-order valence-electron chi connectivity index (χ1n) is 9.01. The number of aryl methyl sites for hydroxylation is 1. The molecule has 3 aromatic rings. The molecule has 4 N–H and O–H groups in total. The molecule has 1 aliphatic carbocycles. The van der Waals surface area contributed by atoms with Crippen molar-refractivity contribution in [2.45, 2.75) is 31.4 Å². The summed E-state index contributed by atoms with van der Waals surface area (Å²) in [5.74, 6) is 0.562. The fourth-order valence-electron chi connectivity index (χ4n) is 3.57. The maximum absolute atomic E-state index is 11.4. The second kappa shape index (κ2) is 7.35. The first kappa shape index (κ1) is 16.9. The van der Waals surface area contributed by atoms with E-state index >= 15 is 0 Å². The summed E-state index contributed by atoms with van der Waals surface area (Å²) in [4.78, 5) is 16.8. The monoisotopic (exact) mass is 353 g/mol. The Kier molecular flexibility index (Phi) is 4.77.